The van der Waals surface area contributed by atoms with Crippen LogP contribution < -0.4 is 9.64 Å². The molecule has 0 atom stereocenters. The van der Waals surface area contributed by atoms with Crippen molar-refractivity contribution in [2.24, 2.45) is 0 Å². The average Bonchev–Trinajstić information content (AvgIpc) is 2.87. The van der Waals surface area contributed by atoms with Crippen molar-refractivity contribution in [3.8, 4) is 11.5 Å². The van der Waals surface area contributed by atoms with Gasteiger partial charge in [-0.15, -0.1) is 0 Å². The van der Waals surface area contributed by atoms with Gasteiger partial charge >= 0.3 is 0 Å². The summed E-state index contributed by atoms with van der Waals surface area (Å²) >= 11 is 0. The third-order valence-electron chi connectivity index (χ3n) is 7.38. The second-order valence-corrected chi connectivity index (χ2v) is 11.8. The Kier molecular flexibility index (Phi) is 6.38. The fraction of sp³-hybridized carbons (Fsp3) is 0.294. The molecule has 0 aliphatic carbocycles. The van der Waals surface area contributed by atoms with Crippen molar-refractivity contribution < 1.29 is 14.3 Å². The molecule has 0 N–H and O–H groups in total. The molecular formula is C34H35NO3. The van der Waals surface area contributed by atoms with Gasteiger partial charge in [0.15, 0.2) is 0 Å². The van der Waals surface area contributed by atoms with E-state index in [0.717, 1.165) is 22.2 Å². The maximum absolute atomic E-state index is 14.0. The van der Waals surface area contributed by atoms with Crippen LogP contribution in [0.3, 0.4) is 0 Å². The highest BCUT2D eigenvalue weighted by atomic mass is 16.5. The predicted octanol–water partition coefficient (Wildman–Crippen LogP) is 8.98. The summed E-state index contributed by atoms with van der Waals surface area (Å²) in [7, 11) is 0. The Labute approximate surface area is 225 Å². The number of nitrogens with zero attached hydrogens (tertiary/aromatic N) is 1. The van der Waals surface area contributed by atoms with Crippen LogP contribution in [0.2, 0.25) is 0 Å². The smallest absolute Gasteiger partial charge is 0.266 e. The summed E-state index contributed by atoms with van der Waals surface area (Å²) < 4.78 is 6.28. The minimum Gasteiger partial charge on any atom is -0.457 e. The number of hydrogen-bond donors (Lipinski definition) is 0. The second kappa shape index (κ2) is 9.43. The third kappa shape index (κ3) is 4.28. The molecule has 0 bridgehead atoms. The van der Waals surface area contributed by atoms with Crippen molar-refractivity contribution in [2.45, 2.75) is 65.7 Å². The Bertz CT molecular complexity index is 1510. The van der Waals surface area contributed by atoms with Gasteiger partial charge in [-0.05, 0) is 64.3 Å². The second-order valence-electron chi connectivity index (χ2n) is 11.8. The molecule has 1 heterocycles. The minimum absolute atomic E-state index is 0.0506. The molecule has 38 heavy (non-hydrogen) atoms. The van der Waals surface area contributed by atoms with E-state index < -0.39 is 0 Å². The van der Waals surface area contributed by atoms with Crippen LogP contribution in [0.25, 0.3) is 10.8 Å². The van der Waals surface area contributed by atoms with E-state index in [2.05, 4.69) is 60.6 Å². The zero-order valence-corrected chi connectivity index (χ0v) is 23.3. The van der Waals surface area contributed by atoms with Gasteiger partial charge in [0.25, 0.3) is 11.8 Å². The van der Waals surface area contributed by atoms with Gasteiger partial charge in [-0.25, -0.2) is 4.90 Å². The summed E-state index contributed by atoms with van der Waals surface area (Å²) in [5.74, 6) is 1.04. The molecule has 0 unspecified atom stereocenters. The van der Waals surface area contributed by atoms with Gasteiger partial charge in [-0.1, -0.05) is 90.9 Å². The zero-order chi connectivity index (χ0) is 27.4. The minimum atomic E-state index is -0.296. The highest BCUT2D eigenvalue weighted by Crippen LogP contribution is 2.42. The van der Waals surface area contributed by atoms with Crippen molar-refractivity contribution in [1.82, 2.24) is 0 Å². The van der Waals surface area contributed by atoms with Crippen LogP contribution in [0.5, 0.6) is 11.5 Å². The van der Waals surface area contributed by atoms with Crippen molar-refractivity contribution >= 4 is 28.3 Å². The van der Waals surface area contributed by atoms with E-state index in [0.29, 0.717) is 28.0 Å². The predicted molar refractivity (Wildman–Crippen MR) is 155 cm³/mol. The molecule has 5 rings (SSSR count). The molecule has 4 aromatic rings. The number of carbonyl (C=O) groups excluding carboxylic acids is 2. The van der Waals surface area contributed by atoms with Crippen molar-refractivity contribution in [3.05, 3.63) is 101 Å². The molecule has 0 spiro atoms. The quantitative estimate of drug-likeness (QED) is 0.254. The number of rotatable bonds is 5. The van der Waals surface area contributed by atoms with E-state index in [1.807, 2.05) is 54.6 Å². The lowest BCUT2D eigenvalue weighted by molar-refractivity contribution is 0.0893. The zero-order valence-electron chi connectivity index (χ0n) is 23.3. The number of hydrogen-bond acceptors (Lipinski definition) is 3. The molecule has 1 aliphatic rings. The molecule has 1 aliphatic heterocycles. The van der Waals surface area contributed by atoms with Gasteiger partial charge in [0.1, 0.15) is 11.5 Å². The molecule has 0 aromatic heterocycles. The number of carbonyl (C=O) groups is 2. The van der Waals surface area contributed by atoms with Gasteiger partial charge in [-0.3, -0.25) is 9.59 Å². The number of anilines is 1. The summed E-state index contributed by atoms with van der Waals surface area (Å²) in [6.07, 6.45) is 0. The summed E-state index contributed by atoms with van der Waals surface area (Å²) in [6, 6.07) is 23.3. The van der Waals surface area contributed by atoms with Crippen LogP contribution in [0.1, 0.15) is 97.7 Å². The average molecular weight is 506 g/mol. The number of ether oxygens (including phenoxy) is 1. The number of para-hydroxylation sites is 1. The van der Waals surface area contributed by atoms with Gasteiger partial charge in [0.2, 0.25) is 0 Å². The first kappa shape index (κ1) is 25.7. The van der Waals surface area contributed by atoms with E-state index >= 15 is 0 Å². The maximum Gasteiger partial charge on any atom is 0.266 e. The van der Waals surface area contributed by atoms with Crippen LogP contribution in [-0.2, 0) is 5.41 Å². The van der Waals surface area contributed by atoms with E-state index in [-0.39, 0.29) is 29.1 Å². The lowest BCUT2D eigenvalue weighted by Gasteiger charge is -2.32. The molecule has 4 nitrogen and oxygen atoms in total. The van der Waals surface area contributed by atoms with Gasteiger partial charge in [0, 0.05) is 21.9 Å². The van der Waals surface area contributed by atoms with Crippen LogP contribution in [0.4, 0.5) is 5.69 Å². The lowest BCUT2D eigenvalue weighted by Crippen LogP contribution is -2.41. The Morgan fingerprint density at radius 3 is 1.79 bits per heavy atom. The van der Waals surface area contributed by atoms with Crippen molar-refractivity contribution in [3.63, 3.8) is 0 Å². The maximum atomic E-state index is 14.0. The highest BCUT2D eigenvalue weighted by Gasteiger charge is 2.37. The van der Waals surface area contributed by atoms with Crippen LogP contribution in [0.15, 0.2) is 72.8 Å². The normalized spacial score (nSPS) is 13.7. The molecule has 194 valence electrons. The fourth-order valence-electron chi connectivity index (χ4n) is 5.28. The number of amides is 2. The van der Waals surface area contributed by atoms with Gasteiger partial charge in [-0.2, -0.15) is 0 Å². The molecular weight excluding hydrogens is 470 g/mol. The third-order valence-corrected chi connectivity index (χ3v) is 7.38. The molecule has 0 fully saturated rings. The van der Waals surface area contributed by atoms with Crippen LogP contribution in [-0.4, -0.2) is 11.8 Å². The van der Waals surface area contributed by atoms with Crippen molar-refractivity contribution in [1.29, 1.82) is 0 Å². The summed E-state index contributed by atoms with van der Waals surface area (Å²) in [5.41, 5.74) is 5.00. The highest BCUT2D eigenvalue weighted by molar-refractivity contribution is 6.36. The Morgan fingerprint density at radius 1 is 0.684 bits per heavy atom. The molecule has 0 saturated heterocycles. The van der Waals surface area contributed by atoms with E-state index in [1.54, 1.807) is 6.07 Å². The summed E-state index contributed by atoms with van der Waals surface area (Å²) in [4.78, 5) is 29.5. The van der Waals surface area contributed by atoms with E-state index in [4.69, 9.17) is 4.74 Å². The van der Waals surface area contributed by atoms with Crippen LogP contribution >= 0.6 is 0 Å². The number of benzene rings is 4. The summed E-state index contributed by atoms with van der Waals surface area (Å²) in [5, 5.41) is 1.40. The van der Waals surface area contributed by atoms with Gasteiger partial charge in [0.05, 0.1) is 5.69 Å². The van der Waals surface area contributed by atoms with E-state index in [1.165, 1.54) is 10.5 Å². The Hall–Kier alpha value is -3.92. The Morgan fingerprint density at radius 2 is 1.24 bits per heavy atom. The molecule has 0 saturated carbocycles. The van der Waals surface area contributed by atoms with Crippen molar-refractivity contribution in [2.75, 3.05) is 4.90 Å². The monoisotopic (exact) mass is 505 g/mol. The fourth-order valence-corrected chi connectivity index (χ4v) is 5.28. The first-order chi connectivity index (χ1) is 18.0. The molecule has 4 heteroatoms. The van der Waals surface area contributed by atoms with E-state index in [9.17, 15) is 9.59 Å². The molecule has 4 aromatic carbocycles. The standard InChI is InChI=1S/C34H35NO3/c1-20(2)24-10-8-11-25(21(3)4)31(24)35-32(36)27-13-9-12-26-29(19-18-28(30(26)27)33(35)37)38-23-16-14-22(15-17-23)34(5,6)7/h8-21H,1-7H3. The number of imide groups is 1. The van der Waals surface area contributed by atoms with Gasteiger partial charge < -0.3 is 4.74 Å². The first-order valence-corrected chi connectivity index (χ1v) is 13.3. The topological polar surface area (TPSA) is 46.6 Å². The molecule has 0 radical (unpaired) electrons. The first-order valence-electron chi connectivity index (χ1n) is 13.3. The summed E-state index contributed by atoms with van der Waals surface area (Å²) in [6.45, 7) is 14.9. The molecule has 2 amide bonds. The van der Waals surface area contributed by atoms with Crippen LogP contribution in [0, 0.1) is 0 Å². The SMILES string of the molecule is CC(C)c1cccc(C(C)C)c1N1C(=O)c2cccc3c(Oc4ccc(C(C)(C)C)cc4)ccc(c23)C1=O. The Balaban J connectivity index is 1.62. The lowest BCUT2D eigenvalue weighted by atomic mass is 9.87. The largest absolute Gasteiger partial charge is 0.457 e.